The molecule has 0 unspecified atom stereocenters. The maximum absolute atomic E-state index is 14.0. The SMILES string of the molecule is CCCN1C(=O)c2cnc(-c3ccccc3)nc2N(C(=O)CN2CCN(CC)CC2)c2ccccc21. The molecule has 0 aliphatic carbocycles. The van der Waals surface area contributed by atoms with Crippen LogP contribution in [0.1, 0.15) is 30.6 Å². The highest BCUT2D eigenvalue weighted by molar-refractivity contribution is 6.18. The minimum atomic E-state index is -0.189. The quantitative estimate of drug-likeness (QED) is 0.530. The second kappa shape index (κ2) is 10.6. The summed E-state index contributed by atoms with van der Waals surface area (Å²) in [7, 11) is 0. The normalized spacial score (nSPS) is 16.4. The fourth-order valence-electron chi connectivity index (χ4n) is 4.89. The molecule has 0 radical (unpaired) electrons. The second-order valence-electron chi connectivity index (χ2n) is 9.18. The summed E-state index contributed by atoms with van der Waals surface area (Å²) in [5.74, 6) is 0.540. The van der Waals surface area contributed by atoms with E-state index in [1.807, 2.05) is 61.5 Å². The van der Waals surface area contributed by atoms with Gasteiger partial charge in [-0.2, -0.15) is 0 Å². The van der Waals surface area contributed by atoms with Crippen molar-refractivity contribution in [3.8, 4) is 11.4 Å². The maximum atomic E-state index is 14.0. The molecule has 0 saturated carbocycles. The highest BCUT2D eigenvalue weighted by atomic mass is 16.2. The van der Waals surface area contributed by atoms with Gasteiger partial charge in [0.05, 0.1) is 17.9 Å². The van der Waals surface area contributed by atoms with E-state index in [4.69, 9.17) is 4.98 Å². The number of rotatable bonds is 6. The summed E-state index contributed by atoms with van der Waals surface area (Å²) >= 11 is 0. The van der Waals surface area contributed by atoms with E-state index in [9.17, 15) is 9.59 Å². The largest absolute Gasteiger partial charge is 0.306 e. The van der Waals surface area contributed by atoms with Crippen LogP contribution in [0.2, 0.25) is 0 Å². The summed E-state index contributed by atoms with van der Waals surface area (Å²) in [6.45, 7) is 9.58. The number of piperazine rings is 1. The Bertz CT molecular complexity index is 1240. The van der Waals surface area contributed by atoms with Gasteiger partial charge in [0.25, 0.3) is 5.91 Å². The third kappa shape index (κ3) is 4.62. The first-order valence-electron chi connectivity index (χ1n) is 12.7. The Morgan fingerprint density at radius 3 is 2.25 bits per heavy atom. The van der Waals surface area contributed by atoms with E-state index < -0.39 is 0 Å². The van der Waals surface area contributed by atoms with Crippen LogP contribution in [0.3, 0.4) is 0 Å². The van der Waals surface area contributed by atoms with E-state index >= 15 is 0 Å². The van der Waals surface area contributed by atoms with E-state index in [0.29, 0.717) is 35.1 Å². The molecule has 2 amide bonds. The number of carbonyl (C=O) groups excluding carboxylic acids is 2. The van der Waals surface area contributed by atoms with Crippen molar-refractivity contribution in [2.24, 2.45) is 0 Å². The Hall–Kier alpha value is -3.62. The van der Waals surface area contributed by atoms with Crippen molar-refractivity contribution in [3.63, 3.8) is 0 Å². The molecule has 2 aromatic carbocycles. The lowest BCUT2D eigenvalue weighted by Crippen LogP contribution is -2.49. The van der Waals surface area contributed by atoms with Crippen molar-refractivity contribution in [2.75, 3.05) is 55.6 Å². The number of carbonyl (C=O) groups is 2. The number of nitrogens with zero attached hydrogens (tertiary/aromatic N) is 6. The van der Waals surface area contributed by atoms with Gasteiger partial charge < -0.3 is 9.80 Å². The van der Waals surface area contributed by atoms with Gasteiger partial charge in [-0.3, -0.25) is 19.4 Å². The average Bonchev–Trinajstić information content (AvgIpc) is 3.02. The van der Waals surface area contributed by atoms with Gasteiger partial charge in [-0.05, 0) is 25.1 Å². The minimum Gasteiger partial charge on any atom is -0.306 e. The first-order chi connectivity index (χ1) is 17.6. The zero-order chi connectivity index (χ0) is 25.1. The monoisotopic (exact) mass is 484 g/mol. The number of anilines is 3. The zero-order valence-electron chi connectivity index (χ0n) is 20.9. The van der Waals surface area contributed by atoms with Gasteiger partial charge in [-0.15, -0.1) is 0 Å². The van der Waals surface area contributed by atoms with E-state index in [-0.39, 0.29) is 18.4 Å². The van der Waals surface area contributed by atoms with E-state index in [1.54, 1.807) is 16.0 Å². The predicted molar refractivity (Wildman–Crippen MR) is 142 cm³/mol. The minimum absolute atomic E-state index is 0.0995. The molecule has 2 aliphatic heterocycles. The lowest BCUT2D eigenvalue weighted by Gasteiger charge is -2.34. The molecule has 186 valence electrons. The highest BCUT2D eigenvalue weighted by Crippen LogP contribution is 2.40. The molecule has 0 N–H and O–H groups in total. The highest BCUT2D eigenvalue weighted by Gasteiger charge is 2.36. The summed E-state index contributed by atoms with van der Waals surface area (Å²) in [6, 6.07) is 17.2. The molecule has 1 saturated heterocycles. The number of aromatic nitrogens is 2. The smallest absolute Gasteiger partial charge is 0.263 e. The molecule has 0 atom stereocenters. The van der Waals surface area contributed by atoms with Crippen molar-refractivity contribution < 1.29 is 9.59 Å². The fraction of sp³-hybridized carbons (Fsp3) is 0.357. The lowest BCUT2D eigenvalue weighted by atomic mass is 10.2. The summed E-state index contributed by atoms with van der Waals surface area (Å²) < 4.78 is 0. The Labute approximate surface area is 212 Å². The van der Waals surface area contributed by atoms with Crippen LogP contribution in [0, 0.1) is 0 Å². The molecule has 3 aromatic rings. The lowest BCUT2D eigenvalue weighted by molar-refractivity contribution is -0.119. The molecule has 0 bridgehead atoms. The molecule has 2 aliphatic rings. The standard InChI is InChI=1S/C28H32N6O2/c1-3-14-33-23-12-8-9-13-24(23)34(25(35)20-32-17-15-31(4-2)16-18-32)27-22(28(33)36)19-29-26(30-27)21-10-6-5-7-11-21/h5-13,19H,3-4,14-18,20H2,1-2H3. The van der Waals surface area contributed by atoms with Crippen molar-refractivity contribution in [3.05, 3.63) is 66.4 Å². The average molecular weight is 485 g/mol. The number of fused-ring (bicyclic) bond motifs is 2. The Morgan fingerprint density at radius 2 is 1.56 bits per heavy atom. The Morgan fingerprint density at radius 1 is 0.889 bits per heavy atom. The van der Waals surface area contributed by atoms with Gasteiger partial charge in [0, 0.05) is 44.5 Å². The van der Waals surface area contributed by atoms with E-state index in [2.05, 4.69) is 21.7 Å². The molecule has 8 nitrogen and oxygen atoms in total. The number of likely N-dealkylation sites (N-methyl/N-ethyl adjacent to an activating group) is 1. The van der Waals surface area contributed by atoms with Crippen molar-refractivity contribution in [1.29, 1.82) is 0 Å². The zero-order valence-corrected chi connectivity index (χ0v) is 20.9. The van der Waals surface area contributed by atoms with E-state index in [1.165, 1.54) is 0 Å². The van der Waals surface area contributed by atoms with Crippen LogP contribution in [0.4, 0.5) is 17.2 Å². The van der Waals surface area contributed by atoms with Crippen LogP contribution in [-0.2, 0) is 4.79 Å². The second-order valence-corrected chi connectivity index (χ2v) is 9.18. The molecular weight excluding hydrogens is 452 g/mol. The maximum Gasteiger partial charge on any atom is 0.263 e. The first kappa shape index (κ1) is 24.1. The molecule has 1 fully saturated rings. The summed E-state index contributed by atoms with van der Waals surface area (Å²) in [6.07, 6.45) is 2.36. The summed E-state index contributed by atoms with van der Waals surface area (Å²) in [5.41, 5.74) is 2.56. The van der Waals surface area contributed by atoms with Crippen LogP contribution < -0.4 is 9.80 Å². The van der Waals surface area contributed by atoms with Gasteiger partial charge in [-0.1, -0.05) is 56.3 Å². The first-order valence-corrected chi connectivity index (χ1v) is 12.7. The number of hydrogen-bond donors (Lipinski definition) is 0. The van der Waals surface area contributed by atoms with E-state index in [0.717, 1.165) is 44.7 Å². The van der Waals surface area contributed by atoms with Crippen LogP contribution in [0.25, 0.3) is 11.4 Å². The third-order valence-electron chi connectivity index (χ3n) is 6.87. The molecule has 1 aromatic heterocycles. The van der Waals surface area contributed by atoms with Crippen molar-refractivity contribution in [2.45, 2.75) is 20.3 Å². The molecular formula is C28H32N6O2. The summed E-state index contributed by atoms with van der Waals surface area (Å²) in [4.78, 5) is 45.1. The molecule has 8 heteroatoms. The number of benzene rings is 2. The van der Waals surface area contributed by atoms with Crippen LogP contribution in [0.15, 0.2) is 60.8 Å². The van der Waals surface area contributed by atoms with Crippen LogP contribution >= 0.6 is 0 Å². The van der Waals surface area contributed by atoms with Gasteiger partial charge in [0.2, 0.25) is 5.91 Å². The number of amides is 2. The van der Waals surface area contributed by atoms with Crippen molar-refractivity contribution >= 4 is 29.0 Å². The molecule has 5 rings (SSSR count). The van der Waals surface area contributed by atoms with Crippen molar-refractivity contribution in [1.82, 2.24) is 19.8 Å². The van der Waals surface area contributed by atoms with Crippen LogP contribution in [0.5, 0.6) is 0 Å². The molecule has 36 heavy (non-hydrogen) atoms. The molecule has 3 heterocycles. The third-order valence-corrected chi connectivity index (χ3v) is 6.87. The van der Waals surface area contributed by atoms with Gasteiger partial charge >= 0.3 is 0 Å². The van der Waals surface area contributed by atoms with Crippen LogP contribution in [-0.4, -0.2) is 77.4 Å². The fourth-order valence-corrected chi connectivity index (χ4v) is 4.89. The Kier molecular flexibility index (Phi) is 7.06. The molecule has 0 spiro atoms. The van der Waals surface area contributed by atoms with Gasteiger partial charge in [-0.25, -0.2) is 9.97 Å². The number of para-hydroxylation sites is 2. The summed E-state index contributed by atoms with van der Waals surface area (Å²) in [5, 5.41) is 0. The van der Waals surface area contributed by atoms with Gasteiger partial charge in [0.15, 0.2) is 11.6 Å². The Balaban J connectivity index is 1.60. The predicted octanol–water partition coefficient (Wildman–Crippen LogP) is 3.82. The number of hydrogen-bond acceptors (Lipinski definition) is 6. The topological polar surface area (TPSA) is 72.9 Å². The van der Waals surface area contributed by atoms with Gasteiger partial charge in [0.1, 0.15) is 5.56 Å².